The topological polar surface area (TPSA) is 12.0 Å². The smallest absolute Gasteiger partial charge is 0.0102 e. The van der Waals surface area contributed by atoms with Crippen LogP contribution >= 0.6 is 0 Å². The van der Waals surface area contributed by atoms with Gasteiger partial charge in [-0.3, -0.25) is 0 Å². The Morgan fingerprint density at radius 3 is 1.93 bits per heavy atom. The SMILES string of the molecule is CCC1CC1NC(CC(C)C)CC(C)C. The van der Waals surface area contributed by atoms with Crippen molar-refractivity contribution in [2.45, 2.75) is 72.4 Å². The molecule has 90 valence electrons. The van der Waals surface area contributed by atoms with Crippen LogP contribution in [0.25, 0.3) is 0 Å². The van der Waals surface area contributed by atoms with E-state index in [1.165, 1.54) is 25.7 Å². The van der Waals surface area contributed by atoms with Crippen molar-refractivity contribution in [2.24, 2.45) is 17.8 Å². The standard InChI is InChI=1S/C14H29N/c1-6-12-9-14(12)15-13(7-10(2)3)8-11(4)5/h10-15H,6-9H2,1-5H3. The van der Waals surface area contributed by atoms with Gasteiger partial charge in [-0.05, 0) is 37.0 Å². The summed E-state index contributed by atoms with van der Waals surface area (Å²) in [7, 11) is 0. The molecule has 1 rings (SSSR count). The van der Waals surface area contributed by atoms with Crippen molar-refractivity contribution in [1.29, 1.82) is 0 Å². The first-order valence-corrected chi connectivity index (χ1v) is 6.78. The summed E-state index contributed by atoms with van der Waals surface area (Å²) >= 11 is 0. The molecule has 2 unspecified atom stereocenters. The van der Waals surface area contributed by atoms with E-state index in [1.807, 2.05) is 0 Å². The van der Waals surface area contributed by atoms with Crippen molar-refractivity contribution in [2.75, 3.05) is 0 Å². The summed E-state index contributed by atoms with van der Waals surface area (Å²) in [6.07, 6.45) is 5.45. The fourth-order valence-electron chi connectivity index (χ4n) is 2.58. The van der Waals surface area contributed by atoms with E-state index in [1.54, 1.807) is 0 Å². The summed E-state index contributed by atoms with van der Waals surface area (Å²) in [5, 5.41) is 3.85. The lowest BCUT2D eigenvalue weighted by molar-refractivity contribution is 0.352. The fraction of sp³-hybridized carbons (Fsp3) is 1.00. The first kappa shape index (κ1) is 13.0. The molecule has 1 nitrogen and oxygen atoms in total. The summed E-state index contributed by atoms with van der Waals surface area (Å²) < 4.78 is 0. The number of hydrogen-bond donors (Lipinski definition) is 1. The van der Waals surface area contributed by atoms with E-state index in [4.69, 9.17) is 0 Å². The van der Waals surface area contributed by atoms with Crippen LogP contribution in [0, 0.1) is 17.8 Å². The van der Waals surface area contributed by atoms with Crippen LogP contribution in [0.2, 0.25) is 0 Å². The van der Waals surface area contributed by atoms with Crippen LogP contribution in [0.15, 0.2) is 0 Å². The van der Waals surface area contributed by atoms with Gasteiger partial charge in [0.15, 0.2) is 0 Å². The van der Waals surface area contributed by atoms with Crippen LogP contribution in [0.5, 0.6) is 0 Å². The van der Waals surface area contributed by atoms with Crippen LogP contribution in [-0.4, -0.2) is 12.1 Å². The molecule has 0 aromatic carbocycles. The molecule has 0 aromatic rings. The average Bonchev–Trinajstić information content (AvgIpc) is 2.80. The second-order valence-electron chi connectivity index (χ2n) is 6.13. The first-order valence-electron chi connectivity index (χ1n) is 6.78. The molecule has 0 aliphatic heterocycles. The molecule has 1 N–H and O–H groups in total. The van der Waals surface area contributed by atoms with E-state index in [2.05, 4.69) is 39.9 Å². The maximum atomic E-state index is 3.85. The molecule has 0 aromatic heterocycles. The van der Waals surface area contributed by atoms with Crippen molar-refractivity contribution >= 4 is 0 Å². The van der Waals surface area contributed by atoms with Gasteiger partial charge in [-0.2, -0.15) is 0 Å². The number of hydrogen-bond acceptors (Lipinski definition) is 1. The largest absolute Gasteiger partial charge is 0.311 e. The minimum Gasteiger partial charge on any atom is -0.311 e. The summed E-state index contributed by atoms with van der Waals surface area (Å²) in [5.41, 5.74) is 0. The van der Waals surface area contributed by atoms with Gasteiger partial charge < -0.3 is 5.32 Å². The van der Waals surface area contributed by atoms with Gasteiger partial charge in [-0.1, -0.05) is 41.0 Å². The quantitative estimate of drug-likeness (QED) is 0.675. The molecule has 1 aliphatic carbocycles. The lowest BCUT2D eigenvalue weighted by Gasteiger charge is -2.22. The van der Waals surface area contributed by atoms with Gasteiger partial charge in [-0.25, -0.2) is 0 Å². The second kappa shape index (κ2) is 5.89. The van der Waals surface area contributed by atoms with E-state index >= 15 is 0 Å². The normalized spacial score (nSPS) is 25.6. The fourth-order valence-corrected chi connectivity index (χ4v) is 2.58. The van der Waals surface area contributed by atoms with Gasteiger partial charge in [0.25, 0.3) is 0 Å². The molecule has 0 radical (unpaired) electrons. The highest BCUT2D eigenvalue weighted by Crippen LogP contribution is 2.34. The highest BCUT2D eigenvalue weighted by molar-refractivity contribution is 4.94. The summed E-state index contributed by atoms with van der Waals surface area (Å²) in [5.74, 6) is 2.62. The van der Waals surface area contributed by atoms with E-state index in [0.29, 0.717) is 0 Å². The lowest BCUT2D eigenvalue weighted by atomic mass is 9.95. The summed E-state index contributed by atoms with van der Waals surface area (Å²) in [6.45, 7) is 11.6. The third kappa shape index (κ3) is 5.01. The Hall–Kier alpha value is -0.0400. The minimum absolute atomic E-state index is 0.756. The summed E-state index contributed by atoms with van der Waals surface area (Å²) in [4.78, 5) is 0. The molecular formula is C14H29N. The van der Waals surface area contributed by atoms with Gasteiger partial charge in [0.05, 0.1) is 0 Å². The summed E-state index contributed by atoms with van der Waals surface area (Å²) in [6, 6.07) is 1.60. The van der Waals surface area contributed by atoms with Crippen molar-refractivity contribution in [3.63, 3.8) is 0 Å². The predicted molar refractivity (Wildman–Crippen MR) is 68.0 cm³/mol. The predicted octanol–water partition coefficient (Wildman–Crippen LogP) is 3.84. The second-order valence-corrected chi connectivity index (χ2v) is 6.13. The third-order valence-electron chi connectivity index (χ3n) is 3.41. The molecular weight excluding hydrogens is 182 g/mol. The van der Waals surface area contributed by atoms with Gasteiger partial charge >= 0.3 is 0 Å². The zero-order valence-electron chi connectivity index (χ0n) is 11.2. The molecule has 1 heteroatoms. The Balaban J connectivity index is 2.29. The van der Waals surface area contributed by atoms with Crippen LogP contribution in [-0.2, 0) is 0 Å². The molecule has 0 bridgehead atoms. The van der Waals surface area contributed by atoms with Crippen molar-refractivity contribution in [3.05, 3.63) is 0 Å². The van der Waals surface area contributed by atoms with Crippen molar-refractivity contribution in [1.82, 2.24) is 5.32 Å². The highest BCUT2D eigenvalue weighted by Gasteiger charge is 2.36. The molecule has 1 aliphatic rings. The molecule has 1 fully saturated rings. The van der Waals surface area contributed by atoms with Crippen molar-refractivity contribution < 1.29 is 0 Å². The number of nitrogens with one attached hydrogen (secondary N) is 1. The molecule has 1 saturated carbocycles. The van der Waals surface area contributed by atoms with E-state index < -0.39 is 0 Å². The van der Waals surface area contributed by atoms with Crippen LogP contribution in [0.1, 0.15) is 60.3 Å². The van der Waals surface area contributed by atoms with Gasteiger partial charge in [-0.15, -0.1) is 0 Å². The third-order valence-corrected chi connectivity index (χ3v) is 3.41. The average molecular weight is 211 g/mol. The van der Waals surface area contributed by atoms with Gasteiger partial charge in [0.1, 0.15) is 0 Å². The highest BCUT2D eigenvalue weighted by atomic mass is 15.0. The Labute approximate surface area is 96.0 Å². The Kier molecular flexibility index (Phi) is 5.11. The van der Waals surface area contributed by atoms with E-state index in [-0.39, 0.29) is 0 Å². The van der Waals surface area contributed by atoms with Gasteiger partial charge in [0, 0.05) is 12.1 Å². The van der Waals surface area contributed by atoms with E-state index in [0.717, 1.165) is 29.8 Å². The lowest BCUT2D eigenvalue weighted by Crippen LogP contribution is -2.34. The first-order chi connectivity index (χ1) is 7.02. The van der Waals surface area contributed by atoms with Crippen molar-refractivity contribution in [3.8, 4) is 0 Å². The minimum atomic E-state index is 0.756. The monoisotopic (exact) mass is 211 g/mol. The zero-order chi connectivity index (χ0) is 11.4. The molecule has 2 atom stereocenters. The molecule has 15 heavy (non-hydrogen) atoms. The molecule has 0 spiro atoms. The molecule has 0 amide bonds. The zero-order valence-corrected chi connectivity index (χ0v) is 11.2. The van der Waals surface area contributed by atoms with Gasteiger partial charge in [0.2, 0.25) is 0 Å². The Morgan fingerprint density at radius 1 is 1.07 bits per heavy atom. The number of rotatable bonds is 7. The maximum absolute atomic E-state index is 3.85. The van der Waals surface area contributed by atoms with Crippen LogP contribution in [0.4, 0.5) is 0 Å². The van der Waals surface area contributed by atoms with E-state index in [9.17, 15) is 0 Å². The Morgan fingerprint density at radius 2 is 1.60 bits per heavy atom. The molecule has 0 heterocycles. The molecule has 0 saturated heterocycles. The maximum Gasteiger partial charge on any atom is 0.0102 e. The Bertz CT molecular complexity index is 164. The van der Waals surface area contributed by atoms with Crippen LogP contribution in [0.3, 0.4) is 0 Å². The van der Waals surface area contributed by atoms with Crippen LogP contribution < -0.4 is 5.32 Å².